The van der Waals surface area contributed by atoms with Gasteiger partial charge < -0.3 is 15.4 Å². The minimum Gasteiger partial charge on any atom is -0.462 e. The second-order valence-corrected chi connectivity index (χ2v) is 5.38. The number of esters is 1. The van der Waals surface area contributed by atoms with Crippen LogP contribution in [0.2, 0.25) is 0 Å². The summed E-state index contributed by atoms with van der Waals surface area (Å²) < 4.78 is 5.02. The van der Waals surface area contributed by atoms with Crippen LogP contribution in [-0.4, -0.2) is 32.5 Å². The molecule has 26 heavy (non-hydrogen) atoms. The predicted octanol–water partition coefficient (Wildman–Crippen LogP) is 3.24. The van der Waals surface area contributed by atoms with E-state index >= 15 is 0 Å². The van der Waals surface area contributed by atoms with E-state index < -0.39 is 5.97 Å². The standard InChI is InChI=1S/C18H18N6O2/c1-3-26-18(25)15-9-19-10-22-17(15)24-14-6-4-13(5-7-14)23-16-8-12(2)20-11-21-16/h4-11H,3H2,1-2H3,(H,19,22,24)(H,20,21,23). The summed E-state index contributed by atoms with van der Waals surface area (Å²) in [7, 11) is 0. The van der Waals surface area contributed by atoms with Crippen LogP contribution in [0.4, 0.5) is 23.0 Å². The summed E-state index contributed by atoms with van der Waals surface area (Å²) in [5, 5.41) is 6.31. The number of ether oxygens (including phenoxy) is 1. The molecule has 0 aliphatic carbocycles. The Hall–Kier alpha value is -3.55. The van der Waals surface area contributed by atoms with E-state index in [4.69, 9.17) is 4.74 Å². The van der Waals surface area contributed by atoms with Gasteiger partial charge in [-0.3, -0.25) is 0 Å². The Morgan fingerprint density at radius 1 is 1.04 bits per heavy atom. The van der Waals surface area contributed by atoms with Gasteiger partial charge in [-0.2, -0.15) is 0 Å². The van der Waals surface area contributed by atoms with Gasteiger partial charge in [-0.15, -0.1) is 0 Å². The molecule has 132 valence electrons. The summed E-state index contributed by atoms with van der Waals surface area (Å²) in [6.45, 7) is 3.94. The zero-order chi connectivity index (χ0) is 18.4. The van der Waals surface area contributed by atoms with Crippen LogP contribution in [0.25, 0.3) is 0 Å². The Bertz CT molecular complexity index is 898. The van der Waals surface area contributed by atoms with Gasteiger partial charge in [-0.1, -0.05) is 0 Å². The van der Waals surface area contributed by atoms with Gasteiger partial charge in [-0.25, -0.2) is 24.7 Å². The highest BCUT2D eigenvalue weighted by Gasteiger charge is 2.14. The second-order valence-electron chi connectivity index (χ2n) is 5.38. The average Bonchev–Trinajstić information content (AvgIpc) is 2.64. The highest BCUT2D eigenvalue weighted by Crippen LogP contribution is 2.22. The van der Waals surface area contributed by atoms with Crippen LogP contribution in [0.1, 0.15) is 23.0 Å². The molecule has 0 unspecified atom stereocenters. The van der Waals surface area contributed by atoms with Gasteiger partial charge in [0.15, 0.2) is 0 Å². The van der Waals surface area contributed by atoms with E-state index in [1.165, 1.54) is 18.9 Å². The zero-order valence-corrected chi connectivity index (χ0v) is 14.4. The van der Waals surface area contributed by atoms with Crippen molar-refractivity contribution in [3.63, 3.8) is 0 Å². The predicted molar refractivity (Wildman–Crippen MR) is 97.8 cm³/mol. The van der Waals surface area contributed by atoms with Crippen LogP contribution in [-0.2, 0) is 4.74 Å². The smallest absolute Gasteiger partial charge is 0.343 e. The number of aryl methyl sites for hydroxylation is 1. The lowest BCUT2D eigenvalue weighted by molar-refractivity contribution is 0.0526. The highest BCUT2D eigenvalue weighted by atomic mass is 16.5. The summed E-state index contributed by atoms with van der Waals surface area (Å²) in [6, 6.07) is 9.38. The lowest BCUT2D eigenvalue weighted by atomic mass is 10.2. The van der Waals surface area contributed by atoms with E-state index in [9.17, 15) is 4.79 Å². The Labute approximate surface area is 150 Å². The first-order valence-electron chi connectivity index (χ1n) is 8.05. The third kappa shape index (κ3) is 4.29. The molecule has 0 atom stereocenters. The maximum absolute atomic E-state index is 12.0. The molecule has 2 N–H and O–H groups in total. The van der Waals surface area contributed by atoms with Gasteiger partial charge in [0.25, 0.3) is 0 Å². The quantitative estimate of drug-likeness (QED) is 0.653. The van der Waals surface area contributed by atoms with Crippen LogP contribution in [0, 0.1) is 6.92 Å². The Morgan fingerprint density at radius 2 is 1.77 bits per heavy atom. The first kappa shape index (κ1) is 17.3. The molecular formula is C18H18N6O2. The number of benzene rings is 1. The summed E-state index contributed by atoms with van der Waals surface area (Å²) in [5.74, 6) is 0.650. The molecule has 8 heteroatoms. The topological polar surface area (TPSA) is 102 Å². The van der Waals surface area contributed by atoms with Crippen LogP contribution in [0.3, 0.4) is 0 Å². The fraction of sp³-hybridized carbons (Fsp3) is 0.167. The molecule has 0 radical (unpaired) electrons. The number of rotatable bonds is 6. The maximum Gasteiger partial charge on any atom is 0.343 e. The van der Waals surface area contributed by atoms with E-state index in [1.807, 2.05) is 37.3 Å². The lowest BCUT2D eigenvalue weighted by Crippen LogP contribution is -2.09. The van der Waals surface area contributed by atoms with Crippen molar-refractivity contribution in [1.29, 1.82) is 0 Å². The molecular weight excluding hydrogens is 332 g/mol. The zero-order valence-electron chi connectivity index (χ0n) is 14.4. The van der Waals surface area contributed by atoms with Gasteiger partial charge in [0.2, 0.25) is 0 Å². The molecule has 3 aromatic rings. The van der Waals surface area contributed by atoms with Crippen molar-refractivity contribution < 1.29 is 9.53 Å². The number of anilines is 4. The third-order valence-electron chi connectivity index (χ3n) is 3.43. The number of carbonyl (C=O) groups is 1. The van der Waals surface area contributed by atoms with Crippen molar-refractivity contribution in [1.82, 2.24) is 19.9 Å². The normalized spacial score (nSPS) is 10.2. The molecule has 0 bridgehead atoms. The van der Waals surface area contributed by atoms with Crippen molar-refractivity contribution in [3.8, 4) is 0 Å². The van der Waals surface area contributed by atoms with Crippen molar-refractivity contribution in [2.24, 2.45) is 0 Å². The Morgan fingerprint density at radius 3 is 2.46 bits per heavy atom. The van der Waals surface area contributed by atoms with E-state index in [0.29, 0.717) is 5.82 Å². The molecule has 0 saturated carbocycles. The summed E-state index contributed by atoms with van der Waals surface area (Å²) in [5.41, 5.74) is 2.82. The van der Waals surface area contributed by atoms with Crippen LogP contribution in [0.5, 0.6) is 0 Å². The molecule has 0 fully saturated rings. The maximum atomic E-state index is 12.0. The van der Waals surface area contributed by atoms with E-state index in [0.717, 1.165) is 22.9 Å². The number of hydrogen-bond donors (Lipinski definition) is 2. The van der Waals surface area contributed by atoms with Crippen molar-refractivity contribution in [2.45, 2.75) is 13.8 Å². The van der Waals surface area contributed by atoms with Gasteiger partial charge in [0.05, 0.1) is 6.61 Å². The van der Waals surface area contributed by atoms with Gasteiger partial charge in [-0.05, 0) is 38.1 Å². The molecule has 0 saturated heterocycles. The number of nitrogens with one attached hydrogen (secondary N) is 2. The fourth-order valence-corrected chi connectivity index (χ4v) is 2.23. The average molecular weight is 350 g/mol. The fourth-order valence-electron chi connectivity index (χ4n) is 2.23. The Balaban J connectivity index is 1.73. The van der Waals surface area contributed by atoms with E-state index in [-0.39, 0.29) is 12.2 Å². The minimum atomic E-state index is -0.465. The van der Waals surface area contributed by atoms with Crippen LogP contribution >= 0.6 is 0 Å². The van der Waals surface area contributed by atoms with Crippen molar-refractivity contribution >= 4 is 29.0 Å². The van der Waals surface area contributed by atoms with Crippen molar-refractivity contribution in [3.05, 3.63) is 60.4 Å². The molecule has 1 aromatic carbocycles. The second kappa shape index (κ2) is 8.02. The van der Waals surface area contributed by atoms with E-state index in [2.05, 4.69) is 30.6 Å². The lowest BCUT2D eigenvalue weighted by Gasteiger charge is -2.11. The van der Waals surface area contributed by atoms with Crippen LogP contribution < -0.4 is 10.6 Å². The molecule has 2 aromatic heterocycles. The monoisotopic (exact) mass is 350 g/mol. The third-order valence-corrected chi connectivity index (χ3v) is 3.43. The summed E-state index contributed by atoms with van der Waals surface area (Å²) in [6.07, 6.45) is 4.32. The molecule has 2 heterocycles. The Kier molecular flexibility index (Phi) is 5.33. The van der Waals surface area contributed by atoms with Gasteiger partial charge in [0, 0.05) is 29.3 Å². The SMILES string of the molecule is CCOC(=O)c1cncnc1Nc1ccc(Nc2cc(C)ncn2)cc1. The van der Waals surface area contributed by atoms with Crippen molar-refractivity contribution in [2.75, 3.05) is 17.2 Å². The first-order chi connectivity index (χ1) is 12.7. The molecule has 0 spiro atoms. The summed E-state index contributed by atoms with van der Waals surface area (Å²) in [4.78, 5) is 28.2. The highest BCUT2D eigenvalue weighted by molar-refractivity contribution is 5.95. The first-order valence-corrected chi connectivity index (χ1v) is 8.05. The van der Waals surface area contributed by atoms with Gasteiger partial charge in [0.1, 0.15) is 29.9 Å². The molecule has 0 aliphatic heterocycles. The van der Waals surface area contributed by atoms with Gasteiger partial charge >= 0.3 is 5.97 Å². The van der Waals surface area contributed by atoms with Crippen LogP contribution in [0.15, 0.2) is 49.2 Å². The molecule has 0 aliphatic rings. The number of carbonyl (C=O) groups excluding carboxylic acids is 1. The summed E-state index contributed by atoms with van der Waals surface area (Å²) >= 11 is 0. The van der Waals surface area contributed by atoms with E-state index in [1.54, 1.807) is 6.92 Å². The largest absolute Gasteiger partial charge is 0.462 e. The molecule has 8 nitrogen and oxygen atoms in total. The minimum absolute atomic E-state index is 0.285. The molecule has 0 amide bonds. The number of aromatic nitrogens is 4. The number of nitrogens with zero attached hydrogens (tertiary/aromatic N) is 4. The molecule has 3 rings (SSSR count). The number of hydrogen-bond acceptors (Lipinski definition) is 8.